The number of hydrogen-bond donors (Lipinski definition) is 0. The van der Waals surface area contributed by atoms with Crippen LogP contribution in [0.1, 0.15) is 49.3 Å². The standard InChI is InChI=1S/C20H15NO5/c1-3-26-20(24)17-16-15(14-6-4-5-9-21(14)17)19(23)13-10-11(25-2)7-8-12(13)18(16)22/h4-10H,3H2,1-2H3. The quantitative estimate of drug-likeness (QED) is 0.532. The Bertz CT molecular complexity index is 1090. The Kier molecular flexibility index (Phi) is 3.61. The van der Waals surface area contributed by atoms with Gasteiger partial charge in [-0.3, -0.25) is 9.59 Å². The van der Waals surface area contributed by atoms with Crippen molar-refractivity contribution in [2.75, 3.05) is 13.7 Å². The van der Waals surface area contributed by atoms with Crippen molar-refractivity contribution in [1.82, 2.24) is 4.40 Å². The van der Waals surface area contributed by atoms with Gasteiger partial charge in [0.2, 0.25) is 0 Å². The minimum Gasteiger partial charge on any atom is -0.497 e. The van der Waals surface area contributed by atoms with Crippen molar-refractivity contribution in [2.24, 2.45) is 0 Å². The van der Waals surface area contributed by atoms with Gasteiger partial charge in [-0.25, -0.2) is 4.79 Å². The first-order valence-corrected chi connectivity index (χ1v) is 8.16. The normalized spacial score (nSPS) is 12.7. The number of hydrogen-bond acceptors (Lipinski definition) is 5. The van der Waals surface area contributed by atoms with Gasteiger partial charge in [0.25, 0.3) is 0 Å². The van der Waals surface area contributed by atoms with E-state index in [1.165, 1.54) is 7.11 Å². The fourth-order valence-corrected chi connectivity index (χ4v) is 3.37. The molecule has 0 saturated carbocycles. The summed E-state index contributed by atoms with van der Waals surface area (Å²) < 4.78 is 11.8. The van der Waals surface area contributed by atoms with Crippen LogP contribution in [-0.2, 0) is 4.74 Å². The predicted molar refractivity (Wildman–Crippen MR) is 93.2 cm³/mol. The van der Waals surface area contributed by atoms with E-state index < -0.39 is 5.97 Å². The van der Waals surface area contributed by atoms with Gasteiger partial charge >= 0.3 is 5.97 Å². The number of methoxy groups -OCH3 is 1. The van der Waals surface area contributed by atoms with Gasteiger partial charge in [-0.2, -0.15) is 0 Å². The van der Waals surface area contributed by atoms with E-state index in [0.29, 0.717) is 11.3 Å². The highest BCUT2D eigenvalue weighted by Gasteiger charge is 2.38. The Morgan fingerprint density at radius 2 is 1.81 bits per heavy atom. The van der Waals surface area contributed by atoms with Crippen molar-refractivity contribution in [3.63, 3.8) is 0 Å². The molecule has 26 heavy (non-hydrogen) atoms. The van der Waals surface area contributed by atoms with Gasteiger partial charge < -0.3 is 13.9 Å². The molecule has 0 aliphatic heterocycles. The second-order valence-corrected chi connectivity index (χ2v) is 5.84. The number of pyridine rings is 1. The van der Waals surface area contributed by atoms with Crippen molar-refractivity contribution in [3.05, 3.63) is 70.5 Å². The summed E-state index contributed by atoms with van der Waals surface area (Å²) in [6, 6.07) is 9.91. The molecule has 0 amide bonds. The Labute approximate surface area is 149 Å². The van der Waals surface area contributed by atoms with E-state index in [-0.39, 0.29) is 46.1 Å². The third kappa shape index (κ3) is 2.08. The number of ketones is 2. The monoisotopic (exact) mass is 349 g/mol. The maximum absolute atomic E-state index is 13.2. The van der Waals surface area contributed by atoms with Gasteiger partial charge in [0.15, 0.2) is 11.6 Å². The molecule has 6 nitrogen and oxygen atoms in total. The van der Waals surface area contributed by atoms with E-state index in [2.05, 4.69) is 0 Å². The highest BCUT2D eigenvalue weighted by atomic mass is 16.5. The SMILES string of the molecule is CCOC(=O)c1c2c(c3ccccn13)C(=O)c1cc(OC)ccc1C2=O. The smallest absolute Gasteiger partial charge is 0.356 e. The van der Waals surface area contributed by atoms with E-state index in [1.807, 2.05) is 0 Å². The zero-order valence-electron chi connectivity index (χ0n) is 14.2. The fraction of sp³-hybridized carbons (Fsp3) is 0.150. The summed E-state index contributed by atoms with van der Waals surface area (Å²) in [6.07, 6.45) is 1.64. The van der Waals surface area contributed by atoms with Crippen molar-refractivity contribution in [1.29, 1.82) is 0 Å². The van der Waals surface area contributed by atoms with Crippen molar-refractivity contribution in [2.45, 2.75) is 6.92 Å². The van der Waals surface area contributed by atoms with E-state index in [0.717, 1.165) is 0 Å². The number of nitrogens with zero attached hydrogens (tertiary/aromatic N) is 1. The number of aromatic nitrogens is 1. The number of carbonyl (C=O) groups excluding carboxylic acids is 3. The van der Waals surface area contributed by atoms with Crippen LogP contribution < -0.4 is 4.74 Å². The molecule has 0 fully saturated rings. The number of esters is 1. The van der Waals surface area contributed by atoms with Crippen molar-refractivity contribution in [3.8, 4) is 5.75 Å². The zero-order chi connectivity index (χ0) is 18.4. The predicted octanol–water partition coefficient (Wildman–Crippen LogP) is 2.90. The Balaban J connectivity index is 2.06. The zero-order valence-corrected chi connectivity index (χ0v) is 14.2. The highest BCUT2D eigenvalue weighted by Crippen LogP contribution is 2.35. The first-order chi connectivity index (χ1) is 12.6. The molecular formula is C20H15NO5. The van der Waals surface area contributed by atoms with Crippen LogP contribution in [0.5, 0.6) is 5.75 Å². The number of carbonyl (C=O) groups is 3. The molecule has 0 radical (unpaired) electrons. The van der Waals surface area contributed by atoms with E-state index in [4.69, 9.17) is 9.47 Å². The van der Waals surface area contributed by atoms with Crippen molar-refractivity contribution < 1.29 is 23.9 Å². The molecule has 130 valence electrons. The molecule has 1 aromatic carbocycles. The number of fused-ring (bicyclic) bond motifs is 4. The third-order valence-corrected chi connectivity index (χ3v) is 4.48. The second kappa shape index (κ2) is 5.84. The Hall–Kier alpha value is -3.41. The van der Waals surface area contributed by atoms with Gasteiger partial charge in [-0.15, -0.1) is 0 Å². The van der Waals surface area contributed by atoms with E-state index >= 15 is 0 Å². The summed E-state index contributed by atoms with van der Waals surface area (Å²) in [7, 11) is 1.49. The molecule has 4 rings (SSSR count). The van der Waals surface area contributed by atoms with Gasteiger partial charge in [0.05, 0.1) is 30.4 Å². The second-order valence-electron chi connectivity index (χ2n) is 5.84. The first kappa shape index (κ1) is 16.1. The van der Waals surface area contributed by atoms with Crippen LogP contribution >= 0.6 is 0 Å². The molecule has 2 aromatic heterocycles. The van der Waals surface area contributed by atoms with Gasteiger partial charge in [0, 0.05) is 17.3 Å². The van der Waals surface area contributed by atoms with Crippen LogP contribution in [0.3, 0.4) is 0 Å². The summed E-state index contributed by atoms with van der Waals surface area (Å²) in [5.74, 6) is -0.827. The summed E-state index contributed by atoms with van der Waals surface area (Å²) in [6.45, 7) is 1.86. The molecule has 2 heterocycles. The lowest BCUT2D eigenvalue weighted by atomic mass is 9.84. The molecule has 0 atom stereocenters. The van der Waals surface area contributed by atoms with Crippen molar-refractivity contribution >= 4 is 23.1 Å². The molecule has 0 bridgehead atoms. The summed E-state index contributed by atoms with van der Waals surface area (Å²) >= 11 is 0. The maximum Gasteiger partial charge on any atom is 0.356 e. The first-order valence-electron chi connectivity index (χ1n) is 8.16. The number of ether oxygens (including phenoxy) is 2. The van der Waals surface area contributed by atoms with Gasteiger partial charge in [0.1, 0.15) is 11.4 Å². The van der Waals surface area contributed by atoms with Crippen LogP contribution in [0.15, 0.2) is 42.6 Å². The van der Waals surface area contributed by atoms with Crippen LogP contribution in [-0.4, -0.2) is 35.7 Å². The lowest BCUT2D eigenvalue weighted by Gasteiger charge is -2.16. The topological polar surface area (TPSA) is 74.1 Å². The Morgan fingerprint density at radius 1 is 1.04 bits per heavy atom. The molecule has 0 unspecified atom stereocenters. The molecule has 6 heteroatoms. The minimum absolute atomic E-state index is 0.0808. The summed E-state index contributed by atoms with van der Waals surface area (Å²) in [5.41, 5.74) is 1.42. The average Bonchev–Trinajstić information content (AvgIpc) is 3.01. The van der Waals surface area contributed by atoms with Crippen LogP contribution in [0.25, 0.3) is 5.52 Å². The van der Waals surface area contributed by atoms with Gasteiger partial charge in [-0.1, -0.05) is 6.07 Å². The van der Waals surface area contributed by atoms with E-state index in [1.54, 1.807) is 53.9 Å². The molecular weight excluding hydrogens is 334 g/mol. The molecule has 0 N–H and O–H groups in total. The molecule has 3 aromatic rings. The highest BCUT2D eigenvalue weighted by molar-refractivity contribution is 6.33. The lowest BCUT2D eigenvalue weighted by Crippen LogP contribution is -2.22. The summed E-state index contributed by atoms with van der Waals surface area (Å²) in [5, 5.41) is 0. The fourth-order valence-electron chi connectivity index (χ4n) is 3.37. The maximum atomic E-state index is 13.2. The largest absolute Gasteiger partial charge is 0.497 e. The molecule has 1 aliphatic carbocycles. The summed E-state index contributed by atoms with van der Waals surface area (Å²) in [4.78, 5) is 38.8. The number of rotatable bonds is 3. The third-order valence-electron chi connectivity index (χ3n) is 4.48. The number of benzene rings is 1. The van der Waals surface area contributed by atoms with E-state index in [9.17, 15) is 14.4 Å². The van der Waals surface area contributed by atoms with Crippen LogP contribution in [0.4, 0.5) is 0 Å². The molecule has 1 aliphatic rings. The molecule has 0 spiro atoms. The Morgan fingerprint density at radius 3 is 2.54 bits per heavy atom. The molecule has 0 saturated heterocycles. The van der Waals surface area contributed by atoms with Crippen LogP contribution in [0, 0.1) is 0 Å². The minimum atomic E-state index is -0.631. The lowest BCUT2D eigenvalue weighted by molar-refractivity contribution is 0.0515. The van der Waals surface area contributed by atoms with Crippen LogP contribution in [0.2, 0.25) is 0 Å². The average molecular weight is 349 g/mol. The van der Waals surface area contributed by atoms with Gasteiger partial charge in [-0.05, 0) is 37.3 Å².